The van der Waals surface area contributed by atoms with Crippen molar-refractivity contribution in [1.82, 2.24) is 0 Å². The molecule has 4 heteroatoms. The summed E-state index contributed by atoms with van der Waals surface area (Å²) in [6, 6.07) is 11.7. The number of thiophene rings is 1. The molecule has 0 atom stereocenters. The number of nitrogens with one attached hydrogen (secondary N) is 1. The number of hydrogen-bond donors (Lipinski definition) is 1. The Hall–Kier alpha value is -1.32. The largest absolute Gasteiger partial charge is 0.277 e. The van der Waals surface area contributed by atoms with Crippen LogP contribution in [-0.2, 0) is 0 Å². The third-order valence-electron chi connectivity index (χ3n) is 2.31. The van der Waals surface area contributed by atoms with E-state index in [4.69, 9.17) is 11.6 Å². The highest BCUT2D eigenvalue weighted by molar-refractivity contribution is 7.14. The average molecular weight is 265 g/mol. The SMILES string of the molecule is C/C(=N/Nc1ccccc1Cl)c1ccc(C)s1. The standard InChI is InChI=1S/C13H13ClN2S/c1-9-7-8-13(17-9)10(2)15-16-12-6-4-3-5-11(12)14/h3-8,16H,1-2H3/b15-10-. The summed E-state index contributed by atoms with van der Waals surface area (Å²) in [5.74, 6) is 0. The first-order chi connectivity index (χ1) is 8.16. The van der Waals surface area contributed by atoms with Crippen molar-refractivity contribution in [2.24, 2.45) is 5.10 Å². The lowest BCUT2D eigenvalue weighted by Gasteiger charge is -2.03. The fourth-order valence-corrected chi connectivity index (χ4v) is 2.37. The van der Waals surface area contributed by atoms with E-state index >= 15 is 0 Å². The fraction of sp³-hybridized carbons (Fsp3) is 0.154. The molecule has 0 unspecified atom stereocenters. The van der Waals surface area contributed by atoms with Gasteiger partial charge in [0, 0.05) is 4.88 Å². The topological polar surface area (TPSA) is 24.4 Å². The molecule has 88 valence electrons. The number of benzene rings is 1. The van der Waals surface area contributed by atoms with Crippen LogP contribution in [0.1, 0.15) is 16.7 Å². The lowest BCUT2D eigenvalue weighted by atomic mass is 10.3. The van der Waals surface area contributed by atoms with E-state index in [1.165, 1.54) is 9.75 Å². The Morgan fingerprint density at radius 2 is 2.00 bits per heavy atom. The Labute approximate surface area is 110 Å². The maximum atomic E-state index is 6.03. The minimum Gasteiger partial charge on any atom is -0.277 e. The van der Waals surface area contributed by atoms with Crippen LogP contribution in [0.25, 0.3) is 0 Å². The molecule has 17 heavy (non-hydrogen) atoms. The van der Waals surface area contributed by atoms with Crippen molar-refractivity contribution in [3.8, 4) is 0 Å². The van der Waals surface area contributed by atoms with Gasteiger partial charge in [-0.3, -0.25) is 5.43 Å². The monoisotopic (exact) mass is 264 g/mol. The lowest BCUT2D eigenvalue weighted by molar-refractivity contribution is 1.33. The van der Waals surface area contributed by atoms with E-state index in [9.17, 15) is 0 Å². The highest BCUT2D eigenvalue weighted by atomic mass is 35.5. The third kappa shape index (κ3) is 3.08. The van der Waals surface area contributed by atoms with Crippen molar-refractivity contribution in [2.75, 3.05) is 5.43 Å². The quantitative estimate of drug-likeness (QED) is 0.638. The Kier molecular flexibility index (Phi) is 3.82. The Balaban J connectivity index is 2.13. The number of halogens is 1. The second-order valence-corrected chi connectivity index (χ2v) is 5.39. The van der Waals surface area contributed by atoms with E-state index in [-0.39, 0.29) is 0 Å². The second-order valence-electron chi connectivity index (χ2n) is 3.70. The molecule has 0 fully saturated rings. The summed E-state index contributed by atoms with van der Waals surface area (Å²) in [5.41, 5.74) is 4.77. The summed E-state index contributed by atoms with van der Waals surface area (Å²) in [6.07, 6.45) is 0. The minimum atomic E-state index is 0.673. The molecule has 0 saturated carbocycles. The van der Waals surface area contributed by atoms with Crippen LogP contribution in [0, 0.1) is 6.92 Å². The highest BCUT2D eigenvalue weighted by Crippen LogP contribution is 2.21. The first kappa shape index (κ1) is 12.1. The van der Waals surface area contributed by atoms with Gasteiger partial charge in [0.05, 0.1) is 21.3 Å². The van der Waals surface area contributed by atoms with Gasteiger partial charge in [-0.2, -0.15) is 5.10 Å². The van der Waals surface area contributed by atoms with Crippen molar-refractivity contribution < 1.29 is 0 Å². The maximum Gasteiger partial charge on any atom is 0.0748 e. The fourth-order valence-electron chi connectivity index (χ4n) is 1.38. The van der Waals surface area contributed by atoms with E-state index < -0.39 is 0 Å². The molecule has 1 N–H and O–H groups in total. The summed E-state index contributed by atoms with van der Waals surface area (Å²) in [7, 11) is 0. The van der Waals surface area contributed by atoms with Crippen molar-refractivity contribution in [2.45, 2.75) is 13.8 Å². The van der Waals surface area contributed by atoms with E-state index in [1.54, 1.807) is 11.3 Å². The van der Waals surface area contributed by atoms with Gasteiger partial charge in [0.25, 0.3) is 0 Å². The predicted octanol–water partition coefficient (Wildman–Crippen LogP) is 4.55. The molecular weight excluding hydrogens is 252 g/mol. The van der Waals surface area contributed by atoms with Crippen molar-refractivity contribution >= 4 is 34.3 Å². The first-order valence-corrected chi connectivity index (χ1v) is 6.48. The molecule has 0 aliphatic carbocycles. The van der Waals surface area contributed by atoms with Gasteiger partial charge in [-0.25, -0.2) is 0 Å². The smallest absolute Gasteiger partial charge is 0.0748 e. The van der Waals surface area contributed by atoms with E-state index in [2.05, 4.69) is 29.6 Å². The zero-order valence-corrected chi connectivity index (χ0v) is 11.3. The number of rotatable bonds is 3. The molecule has 0 saturated heterocycles. The zero-order valence-electron chi connectivity index (χ0n) is 9.70. The highest BCUT2D eigenvalue weighted by Gasteiger charge is 2.01. The number of nitrogens with zero attached hydrogens (tertiary/aromatic N) is 1. The molecule has 0 aliphatic rings. The molecule has 2 aromatic rings. The summed E-state index contributed by atoms with van der Waals surface area (Å²) in [6.45, 7) is 4.07. The van der Waals surface area contributed by atoms with E-state index in [0.29, 0.717) is 5.02 Å². The first-order valence-electron chi connectivity index (χ1n) is 5.28. The molecule has 0 spiro atoms. The number of para-hydroxylation sites is 1. The zero-order chi connectivity index (χ0) is 12.3. The predicted molar refractivity (Wildman–Crippen MR) is 76.3 cm³/mol. The average Bonchev–Trinajstić information content (AvgIpc) is 2.74. The summed E-state index contributed by atoms with van der Waals surface area (Å²) >= 11 is 7.76. The Morgan fingerprint density at radius 1 is 1.24 bits per heavy atom. The molecule has 2 rings (SSSR count). The van der Waals surface area contributed by atoms with Crippen LogP contribution in [-0.4, -0.2) is 5.71 Å². The summed E-state index contributed by atoms with van der Waals surface area (Å²) in [4.78, 5) is 2.45. The normalized spacial score (nSPS) is 11.6. The Morgan fingerprint density at radius 3 is 2.65 bits per heavy atom. The van der Waals surface area contributed by atoms with Gasteiger partial charge in [0.1, 0.15) is 0 Å². The van der Waals surface area contributed by atoms with Gasteiger partial charge in [-0.15, -0.1) is 11.3 Å². The van der Waals surface area contributed by atoms with Crippen LogP contribution in [0.4, 0.5) is 5.69 Å². The third-order valence-corrected chi connectivity index (χ3v) is 3.75. The van der Waals surface area contributed by atoms with Gasteiger partial charge in [-0.1, -0.05) is 23.7 Å². The lowest BCUT2D eigenvalue weighted by Crippen LogP contribution is -1.97. The van der Waals surface area contributed by atoms with Crippen LogP contribution >= 0.6 is 22.9 Å². The van der Waals surface area contributed by atoms with Crippen LogP contribution in [0.15, 0.2) is 41.5 Å². The van der Waals surface area contributed by atoms with Crippen LogP contribution in [0.2, 0.25) is 5.02 Å². The van der Waals surface area contributed by atoms with Crippen LogP contribution in [0.5, 0.6) is 0 Å². The summed E-state index contributed by atoms with van der Waals surface area (Å²) in [5, 5.41) is 5.00. The van der Waals surface area contributed by atoms with Gasteiger partial charge in [0.15, 0.2) is 0 Å². The second kappa shape index (κ2) is 5.34. The van der Waals surface area contributed by atoms with Crippen molar-refractivity contribution in [3.63, 3.8) is 0 Å². The van der Waals surface area contributed by atoms with Gasteiger partial charge in [0.2, 0.25) is 0 Å². The van der Waals surface area contributed by atoms with Crippen molar-refractivity contribution in [1.29, 1.82) is 0 Å². The molecule has 1 aromatic heterocycles. The van der Waals surface area contributed by atoms with Gasteiger partial charge >= 0.3 is 0 Å². The molecule has 1 heterocycles. The van der Waals surface area contributed by atoms with E-state index in [1.807, 2.05) is 31.2 Å². The molecule has 0 aliphatic heterocycles. The molecule has 1 aromatic carbocycles. The number of hydrogen-bond acceptors (Lipinski definition) is 3. The van der Waals surface area contributed by atoms with Gasteiger partial charge in [-0.05, 0) is 38.1 Å². The molecule has 2 nitrogen and oxygen atoms in total. The van der Waals surface area contributed by atoms with Crippen LogP contribution in [0.3, 0.4) is 0 Å². The Bertz CT molecular complexity index is 546. The molecular formula is C13H13ClN2S. The van der Waals surface area contributed by atoms with E-state index in [0.717, 1.165) is 11.4 Å². The number of hydrazone groups is 1. The van der Waals surface area contributed by atoms with Gasteiger partial charge < -0.3 is 0 Å². The van der Waals surface area contributed by atoms with Crippen molar-refractivity contribution in [3.05, 3.63) is 51.2 Å². The molecule has 0 amide bonds. The number of aryl methyl sites for hydroxylation is 1. The minimum absolute atomic E-state index is 0.673. The molecule has 0 bridgehead atoms. The number of anilines is 1. The summed E-state index contributed by atoms with van der Waals surface area (Å²) < 4.78 is 0. The van der Waals surface area contributed by atoms with Crippen LogP contribution < -0.4 is 5.43 Å². The maximum absolute atomic E-state index is 6.03. The molecule has 0 radical (unpaired) electrons.